The smallest absolute Gasteiger partial charge is 0.309 e. The molecule has 0 aliphatic carbocycles. The summed E-state index contributed by atoms with van der Waals surface area (Å²) in [4.78, 5) is 28.2. The van der Waals surface area contributed by atoms with Crippen LogP contribution in [0.1, 0.15) is 47.1 Å². The average Bonchev–Trinajstić information content (AvgIpc) is 3.25. The van der Waals surface area contributed by atoms with E-state index in [2.05, 4.69) is 10.3 Å². The molecule has 0 bridgehead atoms. The number of halogens is 1. The number of hydrogen-bond donors (Lipinski definition) is 2. The first-order chi connectivity index (χ1) is 14.9. The van der Waals surface area contributed by atoms with Crippen molar-refractivity contribution in [1.82, 2.24) is 9.55 Å². The quantitative estimate of drug-likeness (QED) is 0.486. The van der Waals surface area contributed by atoms with E-state index in [0.717, 1.165) is 28.7 Å². The summed E-state index contributed by atoms with van der Waals surface area (Å²) in [5.41, 5.74) is 2.39. The van der Waals surface area contributed by atoms with Gasteiger partial charge in [-0.2, -0.15) is 0 Å². The highest BCUT2D eigenvalue weighted by atomic mass is 35.5. The Hall–Kier alpha value is -2.69. The van der Waals surface area contributed by atoms with Gasteiger partial charge in [0, 0.05) is 19.0 Å². The molecule has 0 spiro atoms. The molecule has 0 saturated carbocycles. The van der Waals surface area contributed by atoms with E-state index in [4.69, 9.17) is 16.7 Å². The van der Waals surface area contributed by atoms with Crippen LogP contribution in [0.15, 0.2) is 41.4 Å². The van der Waals surface area contributed by atoms with Gasteiger partial charge in [-0.05, 0) is 35.2 Å². The second-order valence-electron chi connectivity index (χ2n) is 7.62. The van der Waals surface area contributed by atoms with Gasteiger partial charge in [0.1, 0.15) is 10.0 Å². The number of carboxylic acid groups (broad SMARTS) is 1. The summed E-state index contributed by atoms with van der Waals surface area (Å²) in [6.45, 7) is 4.39. The summed E-state index contributed by atoms with van der Waals surface area (Å²) in [6.07, 6.45) is 2.70. The summed E-state index contributed by atoms with van der Waals surface area (Å²) in [5, 5.41) is 11.8. The van der Waals surface area contributed by atoms with Gasteiger partial charge in [-0.15, -0.1) is 0 Å². The van der Waals surface area contributed by atoms with Crippen LogP contribution in [0.5, 0.6) is 0 Å². The second-order valence-corrected chi connectivity index (χ2v) is 11.2. The number of aliphatic carboxylic acids is 1. The molecule has 32 heavy (non-hydrogen) atoms. The third-order valence-electron chi connectivity index (χ3n) is 4.71. The number of hydrogen-bond acceptors (Lipinski definition) is 6. The first-order valence-electron chi connectivity index (χ1n) is 9.61. The number of carbonyl (C=O) groups excluding carboxylic acids is 1. The predicted molar refractivity (Wildman–Crippen MR) is 124 cm³/mol. The van der Waals surface area contributed by atoms with Gasteiger partial charge in [-0.25, -0.2) is 13.4 Å². The number of thiazole rings is 1. The van der Waals surface area contributed by atoms with Crippen molar-refractivity contribution in [3.05, 3.63) is 63.4 Å². The summed E-state index contributed by atoms with van der Waals surface area (Å²) in [5.74, 6) is -1.28. The molecule has 0 atom stereocenters. The predicted octanol–water partition coefficient (Wildman–Crippen LogP) is 4.05. The first kappa shape index (κ1) is 24.0. The van der Waals surface area contributed by atoms with E-state index in [9.17, 15) is 18.0 Å². The van der Waals surface area contributed by atoms with Gasteiger partial charge >= 0.3 is 5.97 Å². The molecule has 0 fully saturated rings. The van der Waals surface area contributed by atoms with Crippen LogP contribution in [-0.2, 0) is 27.6 Å². The maximum Gasteiger partial charge on any atom is 0.309 e. The number of amides is 1. The molecule has 2 heterocycles. The first-order valence-corrected chi connectivity index (χ1v) is 12.7. The summed E-state index contributed by atoms with van der Waals surface area (Å²) < 4.78 is 25.4. The van der Waals surface area contributed by atoms with E-state index in [1.165, 1.54) is 0 Å². The van der Waals surface area contributed by atoms with E-state index in [0.29, 0.717) is 12.2 Å². The monoisotopic (exact) mass is 495 g/mol. The Morgan fingerprint density at radius 3 is 2.47 bits per heavy atom. The Kier molecular flexibility index (Phi) is 7.06. The molecule has 0 radical (unpaired) electrons. The lowest BCUT2D eigenvalue weighted by Gasteiger charge is -2.09. The molecule has 0 saturated heterocycles. The number of benzene rings is 1. The lowest BCUT2D eigenvalue weighted by molar-refractivity contribution is -0.136. The third kappa shape index (κ3) is 5.76. The van der Waals surface area contributed by atoms with Crippen LogP contribution in [0, 0.1) is 0 Å². The number of anilines is 1. The Bertz CT molecular complexity index is 1260. The number of sulfone groups is 1. The molecule has 1 aromatic carbocycles. The number of nitrogens with zero attached hydrogens (tertiary/aromatic N) is 2. The SMILES string of the molecule is CC(C)c1cc(C(=O)Nc2nc(CC(=O)O)c(Cl)s2)n(Cc2ccc(S(C)(=O)=O)cc2)c1. The molecule has 3 rings (SSSR count). The van der Waals surface area contributed by atoms with Crippen molar-refractivity contribution in [3.63, 3.8) is 0 Å². The van der Waals surface area contributed by atoms with Gasteiger partial charge in [0.25, 0.3) is 5.91 Å². The summed E-state index contributed by atoms with van der Waals surface area (Å²) >= 11 is 7.04. The van der Waals surface area contributed by atoms with E-state index >= 15 is 0 Å². The standard InChI is InChI=1S/C21H22ClN3O5S2/c1-12(2)14-8-17(20(28)24-21-23-16(9-18(26)27)19(22)31-21)25(11-14)10-13-4-6-15(7-5-13)32(3,29)30/h4-8,11-12H,9-10H2,1-3H3,(H,26,27)(H,23,24,28). The Morgan fingerprint density at radius 1 is 1.25 bits per heavy atom. The Balaban J connectivity index is 1.86. The van der Waals surface area contributed by atoms with Gasteiger partial charge in [-0.1, -0.05) is 48.9 Å². The van der Waals surface area contributed by atoms with E-state index in [1.54, 1.807) is 34.9 Å². The lowest BCUT2D eigenvalue weighted by atomic mass is 10.1. The van der Waals surface area contributed by atoms with Crippen LogP contribution < -0.4 is 5.32 Å². The van der Waals surface area contributed by atoms with Crippen LogP contribution in [0.4, 0.5) is 5.13 Å². The highest BCUT2D eigenvalue weighted by Gasteiger charge is 2.19. The molecule has 1 amide bonds. The minimum Gasteiger partial charge on any atom is -0.481 e. The molecule has 8 nitrogen and oxygen atoms in total. The fourth-order valence-electron chi connectivity index (χ4n) is 3.01. The zero-order valence-corrected chi connectivity index (χ0v) is 20.0. The van der Waals surface area contributed by atoms with Crippen molar-refractivity contribution < 1.29 is 23.1 Å². The number of aromatic nitrogens is 2. The van der Waals surface area contributed by atoms with Crippen molar-refractivity contribution in [2.45, 2.75) is 37.6 Å². The van der Waals surface area contributed by atoms with Crippen LogP contribution in [0.25, 0.3) is 0 Å². The summed E-state index contributed by atoms with van der Waals surface area (Å²) in [7, 11) is -3.29. The number of nitrogens with one attached hydrogen (secondary N) is 1. The fourth-order valence-corrected chi connectivity index (χ4v) is 4.67. The van der Waals surface area contributed by atoms with Crippen LogP contribution >= 0.6 is 22.9 Å². The van der Waals surface area contributed by atoms with Gasteiger partial charge in [0.05, 0.1) is 17.0 Å². The molecule has 2 aromatic heterocycles. The lowest BCUT2D eigenvalue weighted by Crippen LogP contribution is -2.17. The van der Waals surface area contributed by atoms with Crippen molar-refractivity contribution >= 4 is 49.8 Å². The van der Waals surface area contributed by atoms with E-state index < -0.39 is 21.7 Å². The molecule has 2 N–H and O–H groups in total. The van der Waals surface area contributed by atoms with Crippen molar-refractivity contribution in [3.8, 4) is 0 Å². The van der Waals surface area contributed by atoms with Gasteiger partial charge in [0.15, 0.2) is 15.0 Å². The van der Waals surface area contributed by atoms with Crippen LogP contribution in [0.3, 0.4) is 0 Å². The molecular formula is C21H22ClN3O5S2. The number of carboxylic acids is 1. The van der Waals surface area contributed by atoms with Gasteiger partial charge in [0.2, 0.25) is 0 Å². The highest BCUT2D eigenvalue weighted by Crippen LogP contribution is 2.29. The molecule has 0 unspecified atom stereocenters. The maximum absolute atomic E-state index is 13.0. The second kappa shape index (κ2) is 9.43. The molecule has 0 aliphatic heterocycles. The van der Waals surface area contributed by atoms with Gasteiger partial charge in [-0.3, -0.25) is 14.9 Å². The van der Waals surface area contributed by atoms with E-state index in [1.807, 2.05) is 20.0 Å². The van der Waals surface area contributed by atoms with Crippen molar-refractivity contribution in [2.24, 2.45) is 0 Å². The minimum atomic E-state index is -3.29. The van der Waals surface area contributed by atoms with Crippen LogP contribution in [-0.4, -0.2) is 41.2 Å². The molecule has 170 valence electrons. The van der Waals surface area contributed by atoms with Crippen LogP contribution in [0.2, 0.25) is 4.34 Å². The average molecular weight is 496 g/mol. The molecule has 11 heteroatoms. The normalized spacial score (nSPS) is 11.7. The number of rotatable bonds is 8. The summed E-state index contributed by atoms with van der Waals surface area (Å²) in [6, 6.07) is 8.30. The topological polar surface area (TPSA) is 118 Å². The molecule has 3 aromatic rings. The number of carbonyl (C=O) groups is 2. The largest absolute Gasteiger partial charge is 0.481 e. The van der Waals surface area contributed by atoms with Crippen molar-refractivity contribution in [1.29, 1.82) is 0 Å². The maximum atomic E-state index is 13.0. The highest BCUT2D eigenvalue weighted by molar-refractivity contribution is 7.90. The zero-order chi connectivity index (χ0) is 23.6. The van der Waals surface area contributed by atoms with Crippen molar-refractivity contribution in [2.75, 3.05) is 11.6 Å². The minimum absolute atomic E-state index is 0.187. The Labute approximate surface area is 194 Å². The molecule has 0 aliphatic rings. The zero-order valence-electron chi connectivity index (χ0n) is 17.6. The third-order valence-corrected chi connectivity index (χ3v) is 7.09. The Morgan fingerprint density at radius 2 is 1.91 bits per heavy atom. The van der Waals surface area contributed by atoms with Gasteiger partial charge < -0.3 is 9.67 Å². The van der Waals surface area contributed by atoms with E-state index in [-0.39, 0.29) is 32.4 Å². The molecular weight excluding hydrogens is 474 g/mol. The fraction of sp³-hybridized carbons (Fsp3) is 0.286.